The van der Waals surface area contributed by atoms with E-state index >= 15 is 0 Å². The van der Waals surface area contributed by atoms with E-state index in [2.05, 4.69) is 6.92 Å². The molecule has 0 aliphatic carbocycles. The van der Waals surface area contributed by atoms with Crippen LogP contribution >= 0.6 is 0 Å². The van der Waals surface area contributed by atoms with Crippen molar-refractivity contribution in [2.24, 2.45) is 0 Å². The van der Waals surface area contributed by atoms with Crippen LogP contribution in [0.1, 0.15) is 110 Å². The van der Waals surface area contributed by atoms with Gasteiger partial charge in [0.05, 0.1) is 19.8 Å². The molecule has 26 heavy (non-hydrogen) atoms. The van der Waals surface area contributed by atoms with Crippen molar-refractivity contribution in [3.8, 4) is 0 Å². The second-order valence-corrected chi connectivity index (χ2v) is 7.51. The van der Waals surface area contributed by atoms with Crippen molar-refractivity contribution >= 4 is 0 Å². The normalized spacial score (nSPS) is 11.5. The maximum atomic E-state index is 8.90. The minimum absolute atomic E-state index is 0.0684. The summed E-state index contributed by atoms with van der Waals surface area (Å²) >= 11 is 0. The number of hydrogen-bond donors (Lipinski definition) is 2. The molecule has 4 nitrogen and oxygen atoms in total. The molecule has 0 atom stereocenters. The molecule has 0 heterocycles. The summed E-state index contributed by atoms with van der Waals surface area (Å²) in [5, 5.41) is 19.5. The van der Waals surface area contributed by atoms with Gasteiger partial charge in [0.1, 0.15) is 0 Å². The molecule has 2 N–H and O–H groups in total. The molecule has 0 rings (SSSR count). The molecule has 0 aliphatic heterocycles. The Morgan fingerprint density at radius 2 is 0.885 bits per heavy atom. The van der Waals surface area contributed by atoms with Crippen molar-refractivity contribution in [1.82, 2.24) is 5.06 Å². The maximum Gasteiger partial charge on any atom is 0.0685 e. The Hall–Kier alpha value is -0.160. The molecular weight excluding hydrogens is 326 g/mol. The SMILES string of the molecule is CCCCCCCCCCCCCCCCCCON(CCO)CCO. The fourth-order valence-corrected chi connectivity index (χ4v) is 3.31. The van der Waals surface area contributed by atoms with E-state index in [9.17, 15) is 0 Å². The molecule has 0 aromatic rings. The highest BCUT2D eigenvalue weighted by molar-refractivity contribution is 4.50. The van der Waals surface area contributed by atoms with Crippen molar-refractivity contribution < 1.29 is 15.1 Å². The second kappa shape index (κ2) is 22.9. The zero-order chi connectivity index (χ0) is 19.1. The third-order valence-electron chi connectivity index (χ3n) is 4.97. The lowest BCUT2D eigenvalue weighted by Gasteiger charge is -2.19. The van der Waals surface area contributed by atoms with Gasteiger partial charge in [-0.2, -0.15) is 5.06 Å². The number of hydroxylamine groups is 2. The standard InChI is InChI=1S/C22H47NO3/c1-2-3-4-5-6-7-8-9-10-11-12-13-14-15-16-17-22-26-23(18-20-24)19-21-25/h24-25H,2-22H2,1H3. The van der Waals surface area contributed by atoms with E-state index in [1.54, 1.807) is 5.06 Å². The van der Waals surface area contributed by atoms with Crippen molar-refractivity contribution in [1.29, 1.82) is 0 Å². The Morgan fingerprint density at radius 1 is 0.538 bits per heavy atom. The van der Waals surface area contributed by atoms with E-state index < -0.39 is 0 Å². The molecule has 4 heteroatoms. The van der Waals surface area contributed by atoms with E-state index in [1.165, 1.54) is 96.3 Å². The van der Waals surface area contributed by atoms with Gasteiger partial charge in [-0.05, 0) is 6.42 Å². The van der Waals surface area contributed by atoms with Crippen molar-refractivity contribution in [2.45, 2.75) is 110 Å². The smallest absolute Gasteiger partial charge is 0.0685 e. The van der Waals surface area contributed by atoms with Gasteiger partial charge in [-0.15, -0.1) is 0 Å². The summed E-state index contributed by atoms with van der Waals surface area (Å²) in [6.45, 7) is 4.05. The maximum absolute atomic E-state index is 8.90. The Balaban J connectivity index is 3.13. The van der Waals surface area contributed by atoms with Gasteiger partial charge in [0, 0.05) is 13.1 Å². The zero-order valence-corrected chi connectivity index (χ0v) is 17.6. The molecular formula is C22H47NO3. The van der Waals surface area contributed by atoms with Crippen LogP contribution in [0.3, 0.4) is 0 Å². The molecule has 0 amide bonds. The number of nitrogens with zero attached hydrogens (tertiary/aromatic N) is 1. The summed E-state index contributed by atoms with van der Waals surface area (Å²) < 4.78 is 0. The summed E-state index contributed by atoms with van der Waals surface area (Å²) in [6.07, 6.45) is 21.9. The van der Waals surface area contributed by atoms with Crippen LogP contribution < -0.4 is 0 Å². The van der Waals surface area contributed by atoms with Crippen LogP contribution in [0.15, 0.2) is 0 Å². The average Bonchev–Trinajstić information content (AvgIpc) is 2.64. The average molecular weight is 374 g/mol. The zero-order valence-electron chi connectivity index (χ0n) is 17.6. The first-order valence-corrected chi connectivity index (χ1v) is 11.4. The molecule has 0 unspecified atom stereocenters. The van der Waals surface area contributed by atoms with Gasteiger partial charge in [-0.3, -0.25) is 4.84 Å². The van der Waals surface area contributed by atoms with Gasteiger partial charge in [-0.25, -0.2) is 0 Å². The van der Waals surface area contributed by atoms with E-state index in [1.807, 2.05) is 0 Å². The minimum atomic E-state index is 0.0684. The molecule has 158 valence electrons. The molecule has 0 saturated carbocycles. The fourth-order valence-electron chi connectivity index (χ4n) is 3.31. The third-order valence-corrected chi connectivity index (χ3v) is 4.97. The summed E-state index contributed by atoms with van der Waals surface area (Å²) in [4.78, 5) is 5.56. The molecule has 0 aliphatic rings. The minimum Gasteiger partial charge on any atom is -0.395 e. The summed E-state index contributed by atoms with van der Waals surface area (Å²) in [5.41, 5.74) is 0. The lowest BCUT2D eigenvalue weighted by molar-refractivity contribution is -0.169. The fraction of sp³-hybridized carbons (Fsp3) is 1.00. The van der Waals surface area contributed by atoms with Gasteiger partial charge >= 0.3 is 0 Å². The third kappa shape index (κ3) is 20.2. The van der Waals surface area contributed by atoms with E-state index in [4.69, 9.17) is 15.1 Å². The van der Waals surface area contributed by atoms with Crippen molar-refractivity contribution in [2.75, 3.05) is 32.9 Å². The molecule has 0 spiro atoms. The van der Waals surface area contributed by atoms with Crippen molar-refractivity contribution in [3.63, 3.8) is 0 Å². The van der Waals surface area contributed by atoms with Gasteiger partial charge < -0.3 is 10.2 Å². The lowest BCUT2D eigenvalue weighted by atomic mass is 10.0. The number of aliphatic hydroxyl groups excluding tert-OH is 2. The van der Waals surface area contributed by atoms with Gasteiger partial charge in [-0.1, -0.05) is 103 Å². The number of hydrogen-bond acceptors (Lipinski definition) is 4. The first-order chi connectivity index (χ1) is 12.8. The van der Waals surface area contributed by atoms with Crippen LogP contribution in [0.5, 0.6) is 0 Å². The van der Waals surface area contributed by atoms with E-state index in [0.717, 1.165) is 6.42 Å². The first kappa shape index (κ1) is 25.8. The monoisotopic (exact) mass is 373 g/mol. The predicted octanol–water partition coefficient (Wildman–Crippen LogP) is 5.47. The summed E-state index contributed by atoms with van der Waals surface area (Å²) in [5.74, 6) is 0. The van der Waals surface area contributed by atoms with Crippen LogP contribution in [-0.4, -0.2) is 48.2 Å². The van der Waals surface area contributed by atoms with Gasteiger partial charge in [0.25, 0.3) is 0 Å². The molecule has 0 fully saturated rings. The van der Waals surface area contributed by atoms with Gasteiger partial charge in [0.2, 0.25) is 0 Å². The van der Waals surface area contributed by atoms with E-state index in [0.29, 0.717) is 19.7 Å². The highest BCUT2D eigenvalue weighted by Crippen LogP contribution is 2.13. The highest BCUT2D eigenvalue weighted by Gasteiger charge is 2.03. The van der Waals surface area contributed by atoms with Crippen LogP contribution in [0, 0.1) is 0 Å². The van der Waals surface area contributed by atoms with Crippen molar-refractivity contribution in [3.05, 3.63) is 0 Å². The van der Waals surface area contributed by atoms with Crippen LogP contribution in [0.25, 0.3) is 0 Å². The molecule has 0 aromatic carbocycles. The lowest BCUT2D eigenvalue weighted by Crippen LogP contribution is -2.30. The summed E-state index contributed by atoms with van der Waals surface area (Å²) in [7, 11) is 0. The van der Waals surface area contributed by atoms with Crippen LogP contribution in [0.4, 0.5) is 0 Å². The van der Waals surface area contributed by atoms with E-state index in [-0.39, 0.29) is 13.2 Å². The van der Waals surface area contributed by atoms with Crippen LogP contribution in [0.2, 0.25) is 0 Å². The quantitative estimate of drug-likeness (QED) is 0.195. The predicted molar refractivity (Wildman–Crippen MR) is 111 cm³/mol. The Kier molecular flexibility index (Phi) is 22.7. The number of unbranched alkanes of at least 4 members (excludes halogenated alkanes) is 15. The summed E-state index contributed by atoms with van der Waals surface area (Å²) in [6, 6.07) is 0. The molecule has 0 bridgehead atoms. The Morgan fingerprint density at radius 3 is 1.23 bits per heavy atom. The largest absolute Gasteiger partial charge is 0.395 e. The van der Waals surface area contributed by atoms with Crippen LogP contribution in [-0.2, 0) is 4.84 Å². The molecule has 0 radical (unpaired) electrons. The molecule has 0 aromatic heterocycles. The Labute approximate surface area is 163 Å². The number of rotatable bonds is 22. The molecule has 0 saturated heterocycles. The number of aliphatic hydroxyl groups is 2. The van der Waals surface area contributed by atoms with Gasteiger partial charge in [0.15, 0.2) is 0 Å². The topological polar surface area (TPSA) is 52.9 Å². The first-order valence-electron chi connectivity index (χ1n) is 11.4. The second-order valence-electron chi connectivity index (χ2n) is 7.51. The highest BCUT2D eigenvalue weighted by atomic mass is 16.7. The Bertz CT molecular complexity index is 246.